The van der Waals surface area contributed by atoms with Crippen molar-refractivity contribution in [3.63, 3.8) is 0 Å². The Hall–Kier alpha value is -0.150. The summed E-state index contributed by atoms with van der Waals surface area (Å²) < 4.78 is 18.8. The van der Waals surface area contributed by atoms with Crippen LogP contribution >= 0.6 is 0 Å². The van der Waals surface area contributed by atoms with Crippen molar-refractivity contribution in [1.29, 1.82) is 0 Å². The zero-order chi connectivity index (χ0) is 11.4. The molecule has 0 saturated carbocycles. The van der Waals surface area contributed by atoms with Crippen LogP contribution in [-0.4, -0.2) is 14.5 Å². The smallest absolute Gasteiger partial charge is 0.156 e. The minimum atomic E-state index is -1.67. The summed E-state index contributed by atoms with van der Waals surface area (Å²) in [6, 6.07) is 0. The van der Waals surface area contributed by atoms with Gasteiger partial charge in [-0.2, -0.15) is 0 Å². The molecule has 0 bridgehead atoms. The maximum absolute atomic E-state index is 10.3. The minimum absolute atomic E-state index is 0.274. The molecule has 0 aromatic rings. The lowest BCUT2D eigenvalue weighted by atomic mass is 10.1. The van der Waals surface area contributed by atoms with E-state index in [1.807, 2.05) is 6.08 Å². The predicted molar refractivity (Wildman–Crippen MR) is 67.4 cm³/mol. The number of unbranched alkanes of at least 4 members (excludes halogenated alkanes) is 7. The largest absolute Gasteiger partial charge is 0.306 e. The zero-order valence-electron chi connectivity index (χ0n) is 9.78. The highest BCUT2D eigenvalue weighted by atomic mass is 32.2. The number of hydrogen-bond acceptors (Lipinski definition) is 1. The second-order valence-electron chi connectivity index (χ2n) is 3.87. The van der Waals surface area contributed by atoms with Gasteiger partial charge in [0.25, 0.3) is 0 Å². The molecule has 2 nitrogen and oxygen atoms in total. The molecule has 0 aliphatic heterocycles. The van der Waals surface area contributed by atoms with Gasteiger partial charge >= 0.3 is 0 Å². The van der Waals surface area contributed by atoms with Crippen molar-refractivity contribution in [3.8, 4) is 0 Å². The fourth-order valence-electron chi connectivity index (χ4n) is 1.49. The second-order valence-corrected chi connectivity index (χ2v) is 4.85. The Morgan fingerprint density at radius 1 is 1.00 bits per heavy atom. The molecular formula is C12H24O2S. The summed E-state index contributed by atoms with van der Waals surface area (Å²) in [4.78, 5) is 0. The van der Waals surface area contributed by atoms with Gasteiger partial charge in [0.1, 0.15) is 0 Å². The average molecular weight is 232 g/mol. The first-order valence-corrected chi connectivity index (χ1v) is 7.27. The van der Waals surface area contributed by atoms with Crippen LogP contribution in [-0.2, 0) is 11.1 Å². The Morgan fingerprint density at radius 3 is 2.20 bits per heavy atom. The van der Waals surface area contributed by atoms with E-state index in [1.54, 1.807) is 6.08 Å². The zero-order valence-corrected chi connectivity index (χ0v) is 10.6. The van der Waals surface area contributed by atoms with Crippen molar-refractivity contribution >= 4 is 11.1 Å². The topological polar surface area (TPSA) is 37.3 Å². The van der Waals surface area contributed by atoms with Gasteiger partial charge in [0.2, 0.25) is 0 Å². The first kappa shape index (κ1) is 14.8. The molecular weight excluding hydrogens is 208 g/mol. The summed E-state index contributed by atoms with van der Waals surface area (Å²) in [6.45, 7) is 2.23. The Morgan fingerprint density at radius 2 is 1.60 bits per heavy atom. The Bertz CT molecular complexity index is 178. The van der Waals surface area contributed by atoms with Gasteiger partial charge in [-0.25, -0.2) is 4.21 Å². The number of allylic oxidation sites excluding steroid dienone is 1. The molecule has 90 valence electrons. The fraction of sp³-hybridized carbons (Fsp3) is 0.833. The normalized spacial score (nSPS) is 13.5. The standard InChI is InChI=1S/C12H24O2S/c1-2-3-4-5-6-7-8-9-10-11-12-15(13)14/h10-11H,2-9,12H2,1H3,(H,13,14). The molecule has 15 heavy (non-hydrogen) atoms. The molecule has 0 saturated heterocycles. The van der Waals surface area contributed by atoms with E-state index in [-0.39, 0.29) is 5.75 Å². The van der Waals surface area contributed by atoms with Gasteiger partial charge in [-0.15, -0.1) is 0 Å². The molecule has 0 spiro atoms. The SMILES string of the molecule is CCCCCCCCCC=CCS(=O)O. The molecule has 3 heteroatoms. The van der Waals surface area contributed by atoms with Crippen LogP contribution in [0.15, 0.2) is 12.2 Å². The highest BCUT2D eigenvalue weighted by molar-refractivity contribution is 7.79. The van der Waals surface area contributed by atoms with Crippen LogP contribution in [0.4, 0.5) is 0 Å². The van der Waals surface area contributed by atoms with E-state index in [2.05, 4.69) is 6.92 Å². The van der Waals surface area contributed by atoms with Crippen molar-refractivity contribution in [3.05, 3.63) is 12.2 Å². The summed E-state index contributed by atoms with van der Waals surface area (Å²) in [5.74, 6) is 0.274. The van der Waals surface area contributed by atoms with Gasteiger partial charge in [-0.05, 0) is 12.8 Å². The minimum Gasteiger partial charge on any atom is -0.306 e. The summed E-state index contributed by atoms with van der Waals surface area (Å²) in [5.41, 5.74) is 0. The fourth-order valence-corrected chi connectivity index (χ4v) is 1.79. The predicted octanol–water partition coefficient (Wildman–Crippen LogP) is 3.91. The van der Waals surface area contributed by atoms with E-state index in [0.29, 0.717) is 0 Å². The van der Waals surface area contributed by atoms with Crippen LogP contribution < -0.4 is 0 Å². The maximum Gasteiger partial charge on any atom is 0.156 e. The van der Waals surface area contributed by atoms with Gasteiger partial charge < -0.3 is 4.55 Å². The third kappa shape index (κ3) is 13.9. The van der Waals surface area contributed by atoms with Gasteiger partial charge in [-0.3, -0.25) is 0 Å². The molecule has 0 rings (SSSR count). The molecule has 0 radical (unpaired) electrons. The highest BCUT2D eigenvalue weighted by Gasteiger charge is 1.89. The van der Waals surface area contributed by atoms with Gasteiger partial charge in [0.15, 0.2) is 11.1 Å². The highest BCUT2D eigenvalue weighted by Crippen LogP contribution is 2.08. The van der Waals surface area contributed by atoms with Crippen molar-refractivity contribution in [2.75, 3.05) is 5.75 Å². The third-order valence-electron chi connectivity index (χ3n) is 2.38. The lowest BCUT2D eigenvalue weighted by Gasteiger charge is -1.98. The van der Waals surface area contributed by atoms with E-state index in [0.717, 1.165) is 6.42 Å². The lowest BCUT2D eigenvalue weighted by molar-refractivity contribution is 0.567. The first-order chi connectivity index (χ1) is 7.27. The molecule has 0 aromatic heterocycles. The van der Waals surface area contributed by atoms with Crippen molar-refractivity contribution in [2.45, 2.75) is 58.3 Å². The summed E-state index contributed by atoms with van der Waals surface area (Å²) in [5, 5.41) is 0. The first-order valence-electron chi connectivity index (χ1n) is 5.99. The summed E-state index contributed by atoms with van der Waals surface area (Å²) in [7, 11) is 0. The molecule has 1 atom stereocenters. The third-order valence-corrected chi connectivity index (χ3v) is 2.86. The van der Waals surface area contributed by atoms with Gasteiger partial charge in [0, 0.05) is 0 Å². The van der Waals surface area contributed by atoms with Crippen LogP contribution in [0.1, 0.15) is 58.3 Å². The molecule has 0 aliphatic rings. The van der Waals surface area contributed by atoms with E-state index < -0.39 is 11.1 Å². The van der Waals surface area contributed by atoms with Crippen molar-refractivity contribution in [2.24, 2.45) is 0 Å². The van der Waals surface area contributed by atoms with E-state index >= 15 is 0 Å². The quantitative estimate of drug-likeness (QED) is 0.352. The van der Waals surface area contributed by atoms with Gasteiger partial charge in [0.05, 0.1) is 5.75 Å². The second kappa shape index (κ2) is 11.9. The average Bonchev–Trinajstić information content (AvgIpc) is 2.20. The number of hydrogen-bond donors (Lipinski definition) is 1. The molecule has 0 fully saturated rings. The monoisotopic (exact) mass is 232 g/mol. The number of rotatable bonds is 10. The molecule has 1 unspecified atom stereocenters. The van der Waals surface area contributed by atoms with Crippen LogP contribution in [0.2, 0.25) is 0 Å². The Balaban J connectivity index is 3.04. The van der Waals surface area contributed by atoms with Gasteiger partial charge in [-0.1, -0.05) is 57.6 Å². The summed E-state index contributed by atoms with van der Waals surface area (Å²) >= 11 is -1.67. The van der Waals surface area contributed by atoms with E-state index in [9.17, 15) is 4.21 Å². The van der Waals surface area contributed by atoms with Crippen LogP contribution in [0.25, 0.3) is 0 Å². The summed E-state index contributed by atoms with van der Waals surface area (Å²) in [6.07, 6.45) is 14.1. The maximum atomic E-state index is 10.3. The molecule has 0 aliphatic carbocycles. The van der Waals surface area contributed by atoms with Crippen LogP contribution in [0.3, 0.4) is 0 Å². The Kier molecular flexibility index (Phi) is 11.8. The Labute approximate surface area is 96.4 Å². The molecule has 0 amide bonds. The van der Waals surface area contributed by atoms with Crippen molar-refractivity contribution < 1.29 is 8.76 Å². The molecule has 0 aromatic carbocycles. The van der Waals surface area contributed by atoms with E-state index in [1.165, 1.54) is 44.9 Å². The van der Waals surface area contributed by atoms with Crippen LogP contribution in [0.5, 0.6) is 0 Å². The lowest BCUT2D eigenvalue weighted by Crippen LogP contribution is -1.89. The molecule has 1 N–H and O–H groups in total. The van der Waals surface area contributed by atoms with E-state index in [4.69, 9.17) is 4.55 Å². The van der Waals surface area contributed by atoms with Crippen LogP contribution in [0, 0.1) is 0 Å². The molecule has 0 heterocycles. The van der Waals surface area contributed by atoms with Crippen molar-refractivity contribution in [1.82, 2.24) is 0 Å².